The highest BCUT2D eigenvalue weighted by atomic mass is 16.2. The van der Waals surface area contributed by atoms with Crippen molar-refractivity contribution in [3.8, 4) is 6.07 Å². The third kappa shape index (κ3) is 3.02. The molecule has 1 aromatic carbocycles. The number of aromatic amines is 1. The molecular weight excluding hydrogens is 334 g/mol. The van der Waals surface area contributed by atoms with Gasteiger partial charge in [0.1, 0.15) is 12.0 Å². The van der Waals surface area contributed by atoms with Gasteiger partial charge in [0.2, 0.25) is 0 Å². The molecule has 3 amide bonds. The average molecular weight is 351 g/mol. The molecule has 0 unspecified atom stereocenters. The topological polar surface area (TPSA) is 132 Å². The molecule has 26 heavy (non-hydrogen) atoms. The van der Waals surface area contributed by atoms with Crippen LogP contribution in [0.4, 0.5) is 4.79 Å². The molecular formula is C18H17N5O3. The van der Waals surface area contributed by atoms with Crippen molar-refractivity contribution in [1.29, 1.82) is 5.26 Å². The smallest absolute Gasteiger partial charge is 0.325 e. The first-order valence-electron chi connectivity index (χ1n) is 7.96. The molecule has 3 rings (SSSR count). The molecule has 2 atom stereocenters. The van der Waals surface area contributed by atoms with Crippen LogP contribution in [-0.2, 0) is 16.0 Å². The molecule has 0 spiro atoms. The van der Waals surface area contributed by atoms with E-state index in [4.69, 9.17) is 11.0 Å². The fourth-order valence-corrected chi connectivity index (χ4v) is 2.99. The van der Waals surface area contributed by atoms with Gasteiger partial charge in [-0.15, -0.1) is 0 Å². The maximum atomic E-state index is 12.5. The predicted molar refractivity (Wildman–Crippen MR) is 93.5 cm³/mol. The summed E-state index contributed by atoms with van der Waals surface area (Å²) in [5.74, 6) is -2.40. The van der Waals surface area contributed by atoms with Crippen LogP contribution in [-0.4, -0.2) is 40.2 Å². The molecule has 1 aliphatic heterocycles. The molecule has 0 aliphatic carbocycles. The second-order valence-corrected chi connectivity index (χ2v) is 6.09. The van der Waals surface area contributed by atoms with Crippen LogP contribution in [0.25, 0.3) is 10.9 Å². The average Bonchev–Trinajstić information content (AvgIpc) is 3.12. The Kier molecular flexibility index (Phi) is 4.45. The highest BCUT2D eigenvalue weighted by Gasteiger charge is 2.40. The van der Waals surface area contributed by atoms with Gasteiger partial charge in [-0.25, -0.2) is 4.79 Å². The number of benzene rings is 1. The Morgan fingerprint density at radius 2 is 2.12 bits per heavy atom. The number of hydrogen-bond donors (Lipinski definition) is 3. The van der Waals surface area contributed by atoms with Crippen molar-refractivity contribution in [2.75, 3.05) is 6.54 Å². The minimum Gasteiger partial charge on any atom is -0.401 e. The normalized spacial score (nSPS) is 17.8. The van der Waals surface area contributed by atoms with Crippen molar-refractivity contribution in [1.82, 2.24) is 15.2 Å². The van der Waals surface area contributed by atoms with Gasteiger partial charge in [0.05, 0.1) is 12.6 Å². The van der Waals surface area contributed by atoms with Gasteiger partial charge in [0, 0.05) is 29.2 Å². The highest BCUT2D eigenvalue weighted by Crippen LogP contribution is 2.21. The molecule has 0 bridgehead atoms. The zero-order chi connectivity index (χ0) is 18.8. The number of H-pyrrole nitrogens is 1. The van der Waals surface area contributed by atoms with E-state index in [2.05, 4.69) is 16.9 Å². The third-order valence-electron chi connectivity index (χ3n) is 4.34. The molecule has 4 N–H and O–H groups in total. The van der Waals surface area contributed by atoms with Gasteiger partial charge in [-0.05, 0) is 11.6 Å². The number of carbonyl (C=O) groups excluding carboxylic acids is 3. The minimum absolute atomic E-state index is 0.111. The van der Waals surface area contributed by atoms with Gasteiger partial charge in [0.15, 0.2) is 5.78 Å². The van der Waals surface area contributed by atoms with Crippen LogP contribution in [0.2, 0.25) is 0 Å². The van der Waals surface area contributed by atoms with Crippen molar-refractivity contribution in [2.45, 2.75) is 12.5 Å². The number of imide groups is 1. The lowest BCUT2D eigenvalue weighted by molar-refractivity contribution is -0.131. The SMILES string of the molecule is C=C(N)[C@H](C#N)C(=O)CN1C(=O)N[C@H](Cc2c[nH]c3ccccc23)C1=O. The molecule has 0 saturated carbocycles. The summed E-state index contributed by atoms with van der Waals surface area (Å²) in [5, 5.41) is 12.5. The van der Waals surface area contributed by atoms with Crippen LogP contribution in [0.1, 0.15) is 5.56 Å². The zero-order valence-corrected chi connectivity index (χ0v) is 13.9. The summed E-state index contributed by atoms with van der Waals surface area (Å²) in [6, 6.07) is 7.93. The number of Topliss-reactive ketones (excluding diaryl/α,β-unsaturated/α-hetero) is 1. The summed E-state index contributed by atoms with van der Waals surface area (Å²) < 4.78 is 0. The molecule has 0 radical (unpaired) electrons. The number of hydrogen-bond acceptors (Lipinski definition) is 5. The maximum absolute atomic E-state index is 12.5. The van der Waals surface area contributed by atoms with E-state index in [0.717, 1.165) is 21.4 Å². The van der Waals surface area contributed by atoms with E-state index in [1.165, 1.54) is 0 Å². The van der Waals surface area contributed by atoms with Crippen molar-refractivity contribution < 1.29 is 14.4 Å². The fourth-order valence-electron chi connectivity index (χ4n) is 2.99. The number of nitriles is 1. The summed E-state index contributed by atoms with van der Waals surface area (Å²) in [7, 11) is 0. The Bertz CT molecular complexity index is 955. The van der Waals surface area contributed by atoms with Crippen molar-refractivity contribution >= 4 is 28.6 Å². The lowest BCUT2D eigenvalue weighted by Gasteiger charge is -2.14. The molecule has 1 aliphatic rings. The number of nitrogens with one attached hydrogen (secondary N) is 2. The quantitative estimate of drug-likeness (QED) is 0.663. The Morgan fingerprint density at radius 1 is 1.38 bits per heavy atom. The van der Waals surface area contributed by atoms with E-state index in [-0.39, 0.29) is 5.70 Å². The van der Waals surface area contributed by atoms with E-state index < -0.39 is 36.2 Å². The number of nitrogens with zero attached hydrogens (tertiary/aromatic N) is 2. The molecule has 2 aromatic rings. The second kappa shape index (κ2) is 6.72. The van der Waals surface area contributed by atoms with Gasteiger partial charge >= 0.3 is 6.03 Å². The number of ketones is 1. The number of amides is 3. The standard InChI is InChI=1S/C18H17N5O3/c1-10(20)13(7-19)16(24)9-23-17(25)15(22-18(23)26)6-11-8-21-14-5-3-2-4-12(11)14/h2-5,8,13,15,21H,1,6,9,20H2,(H,22,26)/t13-,15+/m0/s1. The molecule has 1 saturated heterocycles. The summed E-state index contributed by atoms with van der Waals surface area (Å²) in [5.41, 5.74) is 7.13. The summed E-state index contributed by atoms with van der Waals surface area (Å²) in [6.07, 6.45) is 2.09. The first-order chi connectivity index (χ1) is 12.4. The monoisotopic (exact) mass is 351 g/mol. The Morgan fingerprint density at radius 3 is 2.81 bits per heavy atom. The second-order valence-electron chi connectivity index (χ2n) is 6.09. The van der Waals surface area contributed by atoms with Crippen molar-refractivity contribution in [3.05, 3.63) is 48.3 Å². The van der Waals surface area contributed by atoms with Gasteiger partial charge in [-0.1, -0.05) is 24.8 Å². The van der Waals surface area contributed by atoms with Crippen molar-refractivity contribution in [2.24, 2.45) is 11.7 Å². The first kappa shape index (κ1) is 17.2. The summed E-state index contributed by atoms with van der Waals surface area (Å²) >= 11 is 0. The molecule has 1 fully saturated rings. The van der Waals surface area contributed by atoms with Gasteiger partial charge in [-0.2, -0.15) is 5.26 Å². The van der Waals surface area contributed by atoms with E-state index >= 15 is 0 Å². The number of aromatic nitrogens is 1. The molecule has 8 nitrogen and oxygen atoms in total. The molecule has 1 aromatic heterocycles. The third-order valence-corrected chi connectivity index (χ3v) is 4.34. The van der Waals surface area contributed by atoms with Crippen molar-refractivity contribution in [3.63, 3.8) is 0 Å². The van der Waals surface area contributed by atoms with E-state index in [1.54, 1.807) is 12.3 Å². The largest absolute Gasteiger partial charge is 0.401 e. The Balaban J connectivity index is 1.74. The fraction of sp³-hybridized carbons (Fsp3) is 0.222. The van der Waals surface area contributed by atoms with E-state index in [0.29, 0.717) is 6.42 Å². The number of fused-ring (bicyclic) bond motifs is 1. The molecule has 8 heteroatoms. The van der Waals surface area contributed by atoms with Crippen LogP contribution >= 0.6 is 0 Å². The number of rotatable bonds is 6. The highest BCUT2D eigenvalue weighted by molar-refractivity contribution is 6.07. The van der Waals surface area contributed by atoms with Crippen LogP contribution in [0.15, 0.2) is 42.7 Å². The van der Waals surface area contributed by atoms with Gasteiger partial charge < -0.3 is 16.0 Å². The Labute approximate surface area is 149 Å². The van der Waals surface area contributed by atoms with E-state index in [9.17, 15) is 14.4 Å². The van der Waals surface area contributed by atoms with Crippen LogP contribution in [0.5, 0.6) is 0 Å². The maximum Gasteiger partial charge on any atom is 0.325 e. The number of urea groups is 1. The molecule has 132 valence electrons. The lowest BCUT2D eigenvalue weighted by Crippen LogP contribution is -2.39. The van der Waals surface area contributed by atoms with E-state index in [1.807, 2.05) is 24.3 Å². The van der Waals surface area contributed by atoms with Gasteiger partial charge in [-0.3, -0.25) is 14.5 Å². The predicted octanol–water partition coefficient (Wildman–Crippen LogP) is 0.812. The molecule has 2 heterocycles. The van der Waals surface area contributed by atoms with Crippen LogP contribution in [0.3, 0.4) is 0 Å². The number of nitrogens with two attached hydrogens (primary N) is 1. The zero-order valence-electron chi connectivity index (χ0n) is 13.9. The van der Waals surface area contributed by atoms with Crippen LogP contribution in [0, 0.1) is 17.2 Å². The first-order valence-corrected chi connectivity index (χ1v) is 7.96. The Hall–Kier alpha value is -3.60. The minimum atomic E-state index is -1.25. The number of carbonyl (C=O) groups is 3. The van der Waals surface area contributed by atoms with Crippen LogP contribution < -0.4 is 11.1 Å². The summed E-state index contributed by atoms with van der Waals surface area (Å²) in [4.78, 5) is 40.7. The summed E-state index contributed by atoms with van der Waals surface area (Å²) in [6.45, 7) is 2.87. The number of allylic oxidation sites excluding steroid dienone is 1. The number of para-hydroxylation sites is 1. The lowest BCUT2D eigenvalue weighted by atomic mass is 10.0. The van der Waals surface area contributed by atoms with Gasteiger partial charge in [0.25, 0.3) is 5.91 Å².